The van der Waals surface area contributed by atoms with Gasteiger partial charge in [-0.2, -0.15) is 0 Å². The summed E-state index contributed by atoms with van der Waals surface area (Å²) in [5.74, 6) is 0.798. The second-order valence-corrected chi connectivity index (χ2v) is 6.73. The van der Waals surface area contributed by atoms with Crippen molar-refractivity contribution in [3.8, 4) is 17.0 Å². The molecule has 0 aliphatic carbocycles. The molecule has 3 nitrogen and oxygen atoms in total. The van der Waals surface area contributed by atoms with E-state index >= 15 is 0 Å². The molecule has 0 aliphatic heterocycles. The summed E-state index contributed by atoms with van der Waals surface area (Å²) in [6.45, 7) is 2.58. The number of hydrogen-bond acceptors (Lipinski definition) is 2. The third-order valence-corrected chi connectivity index (χ3v) is 4.83. The second kappa shape index (κ2) is 7.12. The molecule has 27 heavy (non-hydrogen) atoms. The monoisotopic (exact) mass is 355 g/mol. The van der Waals surface area contributed by atoms with Gasteiger partial charge in [0.1, 0.15) is 5.75 Å². The smallest absolute Gasteiger partial charge is 0.259 e. The largest absolute Gasteiger partial charge is 0.497 e. The van der Waals surface area contributed by atoms with Gasteiger partial charge in [0.05, 0.1) is 19.3 Å². The lowest BCUT2D eigenvalue weighted by Gasteiger charge is -2.16. The van der Waals surface area contributed by atoms with E-state index in [-0.39, 0.29) is 5.56 Å². The maximum atomic E-state index is 13.3. The van der Waals surface area contributed by atoms with E-state index in [0.717, 1.165) is 38.9 Å². The Balaban J connectivity index is 1.95. The zero-order valence-corrected chi connectivity index (χ0v) is 15.5. The first-order valence-electron chi connectivity index (χ1n) is 8.98. The molecule has 0 N–H and O–H groups in total. The van der Waals surface area contributed by atoms with Crippen molar-refractivity contribution in [2.45, 2.75) is 13.5 Å². The Morgan fingerprint density at radius 3 is 2.33 bits per heavy atom. The maximum absolute atomic E-state index is 13.3. The standard InChI is InChI=1S/C24H21NO2/c1-17-8-13-22-20(14-17)15-23(19-9-11-21(27-2)12-10-19)25(24(22)26)16-18-6-4-3-5-7-18/h3-15H,16H2,1-2H3. The summed E-state index contributed by atoms with van der Waals surface area (Å²) in [5, 5.41) is 1.71. The molecule has 0 unspecified atom stereocenters. The van der Waals surface area contributed by atoms with Crippen molar-refractivity contribution in [1.82, 2.24) is 4.57 Å². The van der Waals surface area contributed by atoms with Gasteiger partial charge in [0, 0.05) is 5.39 Å². The van der Waals surface area contributed by atoms with Crippen LogP contribution in [0, 0.1) is 6.92 Å². The molecule has 134 valence electrons. The molecule has 0 atom stereocenters. The molecule has 1 aromatic heterocycles. The van der Waals surface area contributed by atoms with Gasteiger partial charge < -0.3 is 9.30 Å². The highest BCUT2D eigenvalue weighted by atomic mass is 16.5. The van der Waals surface area contributed by atoms with Gasteiger partial charge in [0.2, 0.25) is 0 Å². The Hall–Kier alpha value is -3.33. The fourth-order valence-corrected chi connectivity index (χ4v) is 3.40. The predicted octanol–water partition coefficient (Wildman–Crippen LogP) is 5.03. The van der Waals surface area contributed by atoms with Crippen LogP contribution in [0.25, 0.3) is 22.0 Å². The van der Waals surface area contributed by atoms with Gasteiger partial charge in [-0.25, -0.2) is 0 Å². The van der Waals surface area contributed by atoms with Gasteiger partial charge in [-0.05, 0) is 59.8 Å². The minimum absolute atomic E-state index is 0.0298. The molecule has 4 aromatic rings. The van der Waals surface area contributed by atoms with E-state index < -0.39 is 0 Å². The third kappa shape index (κ3) is 3.36. The summed E-state index contributed by atoms with van der Waals surface area (Å²) in [6, 6.07) is 26.0. The molecule has 3 heteroatoms. The molecule has 0 radical (unpaired) electrons. The molecular weight excluding hydrogens is 334 g/mol. The molecule has 0 saturated heterocycles. The highest BCUT2D eigenvalue weighted by Gasteiger charge is 2.12. The summed E-state index contributed by atoms with van der Waals surface area (Å²) in [4.78, 5) is 13.3. The van der Waals surface area contributed by atoms with Crippen LogP contribution in [0.2, 0.25) is 0 Å². The topological polar surface area (TPSA) is 31.2 Å². The highest BCUT2D eigenvalue weighted by molar-refractivity contribution is 5.86. The molecular formula is C24H21NO2. The van der Waals surface area contributed by atoms with Crippen LogP contribution < -0.4 is 10.3 Å². The first-order valence-corrected chi connectivity index (χ1v) is 8.98. The van der Waals surface area contributed by atoms with E-state index in [2.05, 4.69) is 12.1 Å². The van der Waals surface area contributed by atoms with Crippen LogP contribution in [0.5, 0.6) is 5.75 Å². The van der Waals surface area contributed by atoms with E-state index in [4.69, 9.17) is 4.74 Å². The van der Waals surface area contributed by atoms with Crippen LogP contribution in [0.3, 0.4) is 0 Å². The number of methoxy groups -OCH3 is 1. The average Bonchev–Trinajstić information content (AvgIpc) is 2.70. The van der Waals surface area contributed by atoms with Crippen LogP contribution >= 0.6 is 0 Å². The summed E-state index contributed by atoms with van der Waals surface area (Å²) in [7, 11) is 1.65. The number of nitrogens with zero attached hydrogens (tertiary/aromatic N) is 1. The van der Waals surface area contributed by atoms with Crippen molar-refractivity contribution < 1.29 is 4.74 Å². The van der Waals surface area contributed by atoms with E-state index in [1.807, 2.05) is 78.2 Å². The first kappa shape index (κ1) is 17.1. The fraction of sp³-hybridized carbons (Fsp3) is 0.125. The Bertz CT molecular complexity index is 1140. The summed E-state index contributed by atoms with van der Waals surface area (Å²) < 4.78 is 7.13. The Morgan fingerprint density at radius 1 is 0.889 bits per heavy atom. The average molecular weight is 355 g/mol. The Morgan fingerprint density at radius 2 is 1.63 bits per heavy atom. The SMILES string of the molecule is COc1ccc(-c2cc3cc(C)ccc3c(=O)n2Cc2ccccc2)cc1. The molecule has 4 rings (SSSR count). The molecule has 0 aliphatic rings. The molecule has 0 fully saturated rings. The van der Waals surface area contributed by atoms with Crippen molar-refractivity contribution in [3.63, 3.8) is 0 Å². The van der Waals surface area contributed by atoms with Crippen molar-refractivity contribution in [2.24, 2.45) is 0 Å². The minimum atomic E-state index is 0.0298. The van der Waals surface area contributed by atoms with Crippen molar-refractivity contribution in [3.05, 3.63) is 100 Å². The van der Waals surface area contributed by atoms with Gasteiger partial charge in [0.15, 0.2) is 0 Å². The molecule has 3 aromatic carbocycles. The molecule has 0 spiro atoms. The summed E-state index contributed by atoms with van der Waals surface area (Å²) in [5.41, 5.74) is 4.17. The number of ether oxygens (including phenoxy) is 1. The number of aromatic nitrogens is 1. The number of benzene rings is 3. The number of hydrogen-bond donors (Lipinski definition) is 0. The van der Waals surface area contributed by atoms with Crippen LogP contribution in [-0.4, -0.2) is 11.7 Å². The molecule has 0 amide bonds. The van der Waals surface area contributed by atoms with Crippen LogP contribution in [-0.2, 0) is 6.54 Å². The van der Waals surface area contributed by atoms with E-state index in [0.29, 0.717) is 6.54 Å². The Kier molecular flexibility index (Phi) is 4.51. The van der Waals surface area contributed by atoms with Gasteiger partial charge in [-0.3, -0.25) is 4.79 Å². The van der Waals surface area contributed by atoms with Crippen molar-refractivity contribution >= 4 is 10.8 Å². The van der Waals surface area contributed by atoms with Crippen LogP contribution in [0.1, 0.15) is 11.1 Å². The van der Waals surface area contributed by atoms with E-state index in [1.54, 1.807) is 7.11 Å². The molecule has 0 bridgehead atoms. The van der Waals surface area contributed by atoms with Crippen molar-refractivity contribution in [2.75, 3.05) is 7.11 Å². The number of aryl methyl sites for hydroxylation is 1. The first-order chi connectivity index (χ1) is 13.2. The number of pyridine rings is 1. The predicted molar refractivity (Wildman–Crippen MR) is 110 cm³/mol. The van der Waals surface area contributed by atoms with E-state index in [9.17, 15) is 4.79 Å². The zero-order chi connectivity index (χ0) is 18.8. The minimum Gasteiger partial charge on any atom is -0.497 e. The second-order valence-electron chi connectivity index (χ2n) is 6.73. The van der Waals surface area contributed by atoms with Crippen molar-refractivity contribution in [1.29, 1.82) is 0 Å². The number of fused-ring (bicyclic) bond motifs is 1. The number of rotatable bonds is 4. The van der Waals surface area contributed by atoms with Gasteiger partial charge in [-0.15, -0.1) is 0 Å². The molecule has 0 saturated carbocycles. The normalized spacial score (nSPS) is 10.9. The summed E-state index contributed by atoms with van der Waals surface area (Å²) >= 11 is 0. The van der Waals surface area contributed by atoms with Crippen LogP contribution in [0.15, 0.2) is 83.7 Å². The maximum Gasteiger partial charge on any atom is 0.259 e. The van der Waals surface area contributed by atoms with Gasteiger partial charge in [-0.1, -0.05) is 48.0 Å². The van der Waals surface area contributed by atoms with Crippen LogP contribution in [0.4, 0.5) is 0 Å². The highest BCUT2D eigenvalue weighted by Crippen LogP contribution is 2.25. The van der Waals surface area contributed by atoms with Gasteiger partial charge >= 0.3 is 0 Å². The zero-order valence-electron chi connectivity index (χ0n) is 15.5. The lowest BCUT2D eigenvalue weighted by Crippen LogP contribution is -2.22. The third-order valence-electron chi connectivity index (χ3n) is 4.83. The van der Waals surface area contributed by atoms with Gasteiger partial charge in [0.25, 0.3) is 5.56 Å². The lowest BCUT2D eigenvalue weighted by molar-refractivity contribution is 0.415. The molecule has 1 heterocycles. The van der Waals surface area contributed by atoms with E-state index in [1.165, 1.54) is 0 Å². The fourth-order valence-electron chi connectivity index (χ4n) is 3.40. The Labute approximate surface area is 158 Å². The summed E-state index contributed by atoms with van der Waals surface area (Å²) in [6.07, 6.45) is 0. The quantitative estimate of drug-likeness (QED) is 0.514. The lowest BCUT2D eigenvalue weighted by atomic mass is 10.0.